The molecule has 0 saturated carbocycles. The van der Waals surface area contributed by atoms with E-state index in [2.05, 4.69) is 10.5 Å². The van der Waals surface area contributed by atoms with Crippen LogP contribution in [0.25, 0.3) is 11.1 Å². The maximum absolute atomic E-state index is 11.7. The molecule has 3 N–H and O–H groups in total. The summed E-state index contributed by atoms with van der Waals surface area (Å²) >= 11 is 0. The number of anilines is 2. The van der Waals surface area contributed by atoms with Crippen LogP contribution in [0.15, 0.2) is 22.7 Å². The van der Waals surface area contributed by atoms with E-state index in [0.29, 0.717) is 11.4 Å². The SMILES string of the molecule is CC.Cc1noc(C)c1-c1ccc(NC2CCCS(=O)C2)c(N)c1. The lowest BCUT2D eigenvalue weighted by Crippen LogP contribution is -2.31. The summed E-state index contributed by atoms with van der Waals surface area (Å²) in [5, 5.41) is 7.41. The molecule has 5 nitrogen and oxygen atoms in total. The average molecular weight is 350 g/mol. The van der Waals surface area contributed by atoms with Crippen LogP contribution in [0.4, 0.5) is 11.4 Å². The highest BCUT2D eigenvalue weighted by Crippen LogP contribution is 2.32. The van der Waals surface area contributed by atoms with E-state index in [1.807, 2.05) is 45.9 Å². The van der Waals surface area contributed by atoms with Crippen molar-refractivity contribution >= 4 is 22.2 Å². The molecule has 2 heterocycles. The smallest absolute Gasteiger partial charge is 0.141 e. The third-order valence-corrected chi connectivity index (χ3v) is 5.56. The Morgan fingerprint density at radius 2 is 2.08 bits per heavy atom. The van der Waals surface area contributed by atoms with Crippen LogP contribution in [0.2, 0.25) is 0 Å². The molecule has 1 saturated heterocycles. The molecule has 0 bridgehead atoms. The second-order valence-electron chi connectivity index (χ2n) is 5.80. The molecule has 1 aliphatic rings. The molecule has 24 heavy (non-hydrogen) atoms. The first-order valence-electron chi connectivity index (χ1n) is 8.49. The van der Waals surface area contributed by atoms with Gasteiger partial charge in [0.2, 0.25) is 0 Å². The molecule has 2 unspecified atom stereocenters. The number of nitrogens with one attached hydrogen (secondary N) is 1. The van der Waals surface area contributed by atoms with Gasteiger partial charge in [0.05, 0.1) is 17.1 Å². The summed E-state index contributed by atoms with van der Waals surface area (Å²) in [5.41, 5.74) is 10.6. The molecule has 0 radical (unpaired) electrons. The van der Waals surface area contributed by atoms with Crippen molar-refractivity contribution in [1.82, 2.24) is 5.16 Å². The van der Waals surface area contributed by atoms with Crippen molar-refractivity contribution in [2.75, 3.05) is 22.6 Å². The number of aromatic nitrogens is 1. The lowest BCUT2D eigenvalue weighted by molar-refractivity contribution is 0.393. The van der Waals surface area contributed by atoms with Gasteiger partial charge in [-0.15, -0.1) is 0 Å². The third kappa shape index (κ3) is 4.17. The topological polar surface area (TPSA) is 81.2 Å². The monoisotopic (exact) mass is 349 g/mol. The van der Waals surface area contributed by atoms with E-state index in [1.54, 1.807) is 0 Å². The summed E-state index contributed by atoms with van der Waals surface area (Å²) < 4.78 is 16.9. The minimum absolute atomic E-state index is 0.238. The number of aryl methyl sites for hydroxylation is 2. The fraction of sp³-hybridized carbons (Fsp3) is 0.500. The molecule has 0 amide bonds. The van der Waals surface area contributed by atoms with Crippen LogP contribution in [0.1, 0.15) is 38.1 Å². The van der Waals surface area contributed by atoms with Gasteiger partial charge in [0.15, 0.2) is 0 Å². The van der Waals surface area contributed by atoms with Gasteiger partial charge in [-0.2, -0.15) is 0 Å². The number of hydrogen-bond donors (Lipinski definition) is 2. The van der Waals surface area contributed by atoms with Crippen molar-refractivity contribution in [3.05, 3.63) is 29.7 Å². The largest absolute Gasteiger partial charge is 0.397 e. The average Bonchev–Trinajstić information content (AvgIpc) is 2.90. The maximum Gasteiger partial charge on any atom is 0.141 e. The zero-order valence-electron chi connectivity index (χ0n) is 14.9. The van der Waals surface area contributed by atoms with E-state index in [4.69, 9.17) is 10.3 Å². The predicted molar refractivity (Wildman–Crippen MR) is 102 cm³/mol. The van der Waals surface area contributed by atoms with Gasteiger partial charge in [-0.05, 0) is 44.4 Å². The number of nitrogens with zero attached hydrogens (tertiary/aromatic N) is 1. The molecule has 1 fully saturated rings. The zero-order valence-corrected chi connectivity index (χ0v) is 15.7. The van der Waals surface area contributed by atoms with E-state index in [0.717, 1.165) is 46.9 Å². The fourth-order valence-corrected chi connectivity index (χ4v) is 4.31. The van der Waals surface area contributed by atoms with Crippen LogP contribution in [0.3, 0.4) is 0 Å². The molecule has 0 aliphatic carbocycles. The van der Waals surface area contributed by atoms with Gasteiger partial charge in [0.25, 0.3) is 0 Å². The van der Waals surface area contributed by atoms with Crippen LogP contribution in [-0.2, 0) is 10.8 Å². The molecule has 0 spiro atoms. The Bertz CT molecular complexity index is 693. The number of nitrogen functional groups attached to an aromatic ring is 1. The van der Waals surface area contributed by atoms with Gasteiger partial charge in [0.1, 0.15) is 5.76 Å². The Hall–Kier alpha value is -1.82. The first kappa shape index (κ1) is 18.5. The number of benzene rings is 1. The van der Waals surface area contributed by atoms with Gasteiger partial charge in [-0.25, -0.2) is 0 Å². The second-order valence-corrected chi connectivity index (χ2v) is 7.42. The molecule has 1 aliphatic heterocycles. The lowest BCUT2D eigenvalue weighted by atomic mass is 10.0. The van der Waals surface area contributed by atoms with Crippen molar-refractivity contribution in [2.45, 2.75) is 46.6 Å². The Kier molecular flexibility index (Phi) is 6.43. The number of hydrogen-bond acceptors (Lipinski definition) is 5. The summed E-state index contributed by atoms with van der Waals surface area (Å²) in [4.78, 5) is 0. The van der Waals surface area contributed by atoms with Gasteiger partial charge in [0, 0.05) is 33.9 Å². The Labute approximate surface area is 146 Å². The van der Waals surface area contributed by atoms with Crippen LogP contribution in [0.5, 0.6) is 0 Å². The van der Waals surface area contributed by atoms with Crippen molar-refractivity contribution in [1.29, 1.82) is 0 Å². The highest BCUT2D eigenvalue weighted by molar-refractivity contribution is 7.85. The first-order chi connectivity index (χ1) is 11.5. The number of rotatable bonds is 3. The molecule has 132 valence electrons. The summed E-state index contributed by atoms with van der Waals surface area (Å²) in [6, 6.07) is 6.18. The van der Waals surface area contributed by atoms with Crippen LogP contribution in [-0.4, -0.2) is 26.9 Å². The van der Waals surface area contributed by atoms with E-state index < -0.39 is 10.8 Å². The van der Waals surface area contributed by atoms with E-state index in [1.165, 1.54) is 0 Å². The van der Waals surface area contributed by atoms with Gasteiger partial charge in [-0.3, -0.25) is 4.21 Å². The van der Waals surface area contributed by atoms with Crippen molar-refractivity contribution < 1.29 is 8.73 Å². The lowest BCUT2D eigenvalue weighted by Gasteiger charge is -2.24. The fourth-order valence-electron chi connectivity index (χ4n) is 2.96. The Balaban J connectivity index is 0.00000100. The summed E-state index contributed by atoms with van der Waals surface area (Å²) in [5.74, 6) is 2.31. The molecule has 3 rings (SSSR count). The number of nitrogens with two attached hydrogens (primary N) is 1. The molecule has 6 heteroatoms. The quantitative estimate of drug-likeness (QED) is 0.822. The minimum Gasteiger partial charge on any atom is -0.397 e. The predicted octanol–water partition coefficient (Wildman–Crippen LogP) is 3.89. The molecule has 1 aromatic carbocycles. The molecular formula is C18H27N3O2S. The molecule has 2 aromatic rings. The minimum atomic E-state index is -0.709. The van der Waals surface area contributed by atoms with Crippen molar-refractivity contribution in [3.8, 4) is 11.1 Å². The van der Waals surface area contributed by atoms with Crippen LogP contribution >= 0.6 is 0 Å². The summed E-state index contributed by atoms with van der Waals surface area (Å²) in [7, 11) is -0.709. The third-order valence-electron chi connectivity index (χ3n) is 4.04. The molecular weight excluding hydrogens is 322 g/mol. The Morgan fingerprint density at radius 1 is 1.33 bits per heavy atom. The Morgan fingerprint density at radius 3 is 2.67 bits per heavy atom. The van der Waals surface area contributed by atoms with Crippen LogP contribution < -0.4 is 11.1 Å². The van der Waals surface area contributed by atoms with Crippen molar-refractivity contribution in [3.63, 3.8) is 0 Å². The van der Waals surface area contributed by atoms with Gasteiger partial charge >= 0.3 is 0 Å². The zero-order chi connectivity index (χ0) is 17.7. The van der Waals surface area contributed by atoms with Crippen LogP contribution in [0, 0.1) is 13.8 Å². The highest BCUT2D eigenvalue weighted by Gasteiger charge is 2.19. The molecule has 2 atom stereocenters. The van der Waals surface area contributed by atoms with E-state index >= 15 is 0 Å². The van der Waals surface area contributed by atoms with Gasteiger partial charge < -0.3 is 15.6 Å². The normalized spacial score (nSPS) is 20.2. The van der Waals surface area contributed by atoms with E-state index in [9.17, 15) is 4.21 Å². The summed E-state index contributed by atoms with van der Waals surface area (Å²) in [6.07, 6.45) is 2.04. The van der Waals surface area contributed by atoms with E-state index in [-0.39, 0.29) is 6.04 Å². The second kappa shape index (κ2) is 8.33. The molecule has 1 aromatic heterocycles. The standard InChI is InChI=1S/C16H21N3O2S.C2H6/c1-10-16(11(2)21-19-10)12-5-6-15(14(17)8-12)18-13-4-3-7-22(20)9-13;1-2/h5-6,8,13,18H,3-4,7,9,17H2,1-2H3;1-2H3. The summed E-state index contributed by atoms with van der Waals surface area (Å²) in [6.45, 7) is 7.82. The van der Waals surface area contributed by atoms with Gasteiger partial charge in [-0.1, -0.05) is 25.1 Å². The first-order valence-corrected chi connectivity index (χ1v) is 9.97. The van der Waals surface area contributed by atoms with Crippen molar-refractivity contribution in [2.24, 2.45) is 0 Å². The maximum atomic E-state index is 11.7. The highest BCUT2D eigenvalue weighted by atomic mass is 32.2.